The summed E-state index contributed by atoms with van der Waals surface area (Å²) in [6, 6.07) is 2.70. The minimum atomic E-state index is 0.183. The first-order valence-corrected chi connectivity index (χ1v) is 7.71. The van der Waals surface area contributed by atoms with E-state index in [0.29, 0.717) is 12.5 Å². The second-order valence-corrected chi connectivity index (χ2v) is 5.99. The average Bonchev–Trinajstić information content (AvgIpc) is 3.15. The van der Waals surface area contributed by atoms with Crippen molar-refractivity contribution >= 4 is 5.91 Å². The number of hydrogen-bond donors (Lipinski definition) is 1. The number of aromatic nitrogens is 1. The number of nitrogens with zero attached hydrogens (tertiary/aromatic N) is 2. The van der Waals surface area contributed by atoms with E-state index < -0.39 is 0 Å². The molecule has 20 heavy (non-hydrogen) atoms. The molecule has 1 saturated carbocycles. The van der Waals surface area contributed by atoms with Crippen LogP contribution in [0.5, 0.6) is 0 Å². The summed E-state index contributed by atoms with van der Waals surface area (Å²) in [6.45, 7) is 4.04. The molecule has 0 aromatic carbocycles. The van der Waals surface area contributed by atoms with E-state index in [1.54, 1.807) is 19.0 Å². The molecular formula is C16H27N3O. The van der Waals surface area contributed by atoms with Crippen LogP contribution in [-0.4, -0.2) is 36.0 Å². The summed E-state index contributed by atoms with van der Waals surface area (Å²) in [5, 5.41) is 3.66. The fourth-order valence-electron chi connectivity index (χ4n) is 2.52. The van der Waals surface area contributed by atoms with Gasteiger partial charge in [-0.15, -0.1) is 0 Å². The van der Waals surface area contributed by atoms with Crippen LogP contribution in [-0.2, 0) is 11.3 Å². The molecule has 0 saturated heterocycles. The zero-order valence-electron chi connectivity index (χ0n) is 12.9. The van der Waals surface area contributed by atoms with Crippen molar-refractivity contribution in [1.82, 2.24) is 14.8 Å². The molecule has 1 atom stereocenters. The highest BCUT2D eigenvalue weighted by Crippen LogP contribution is 2.41. The smallest absolute Gasteiger partial charge is 0.223 e. The Bertz CT molecular complexity index is 435. The summed E-state index contributed by atoms with van der Waals surface area (Å²) in [5.74, 6) is 0.990. The zero-order valence-corrected chi connectivity index (χ0v) is 12.9. The topological polar surface area (TPSA) is 37.3 Å². The molecule has 4 heteroatoms. The summed E-state index contributed by atoms with van der Waals surface area (Å²) in [5.41, 5.74) is 1.37. The maximum absolute atomic E-state index is 11.6. The van der Waals surface area contributed by atoms with Crippen LogP contribution in [0.1, 0.15) is 44.2 Å². The van der Waals surface area contributed by atoms with Gasteiger partial charge in [-0.2, -0.15) is 0 Å². The first kappa shape index (κ1) is 15.1. The molecule has 1 heterocycles. The van der Waals surface area contributed by atoms with Crippen LogP contribution in [0.3, 0.4) is 0 Å². The highest BCUT2D eigenvalue weighted by atomic mass is 16.2. The minimum Gasteiger partial charge on any atom is -0.353 e. The molecule has 4 nitrogen and oxygen atoms in total. The van der Waals surface area contributed by atoms with Gasteiger partial charge in [-0.05, 0) is 43.4 Å². The molecule has 1 aromatic heterocycles. The number of carbonyl (C=O) groups is 1. The number of hydrogen-bond acceptors (Lipinski definition) is 2. The van der Waals surface area contributed by atoms with Crippen molar-refractivity contribution in [2.75, 3.05) is 20.6 Å². The van der Waals surface area contributed by atoms with E-state index in [0.717, 1.165) is 19.0 Å². The fraction of sp³-hybridized carbons (Fsp3) is 0.688. The van der Waals surface area contributed by atoms with E-state index in [4.69, 9.17) is 0 Å². The molecule has 1 aromatic rings. The fourth-order valence-corrected chi connectivity index (χ4v) is 2.52. The van der Waals surface area contributed by atoms with Crippen molar-refractivity contribution in [2.45, 2.75) is 45.2 Å². The van der Waals surface area contributed by atoms with E-state index in [1.165, 1.54) is 24.8 Å². The lowest BCUT2D eigenvalue weighted by Gasteiger charge is -2.16. The maximum Gasteiger partial charge on any atom is 0.223 e. The van der Waals surface area contributed by atoms with Gasteiger partial charge >= 0.3 is 0 Å². The monoisotopic (exact) mass is 277 g/mol. The second kappa shape index (κ2) is 6.93. The predicted octanol–water partition coefficient (Wildman–Crippen LogP) is 2.42. The molecule has 1 unspecified atom stereocenters. The third-order valence-electron chi connectivity index (χ3n) is 3.92. The maximum atomic E-state index is 11.6. The molecule has 1 aliphatic rings. The highest BCUT2D eigenvalue weighted by molar-refractivity contribution is 5.75. The van der Waals surface area contributed by atoms with E-state index in [1.807, 2.05) is 0 Å². The summed E-state index contributed by atoms with van der Waals surface area (Å²) in [6.07, 6.45) is 8.71. The number of nitrogens with one attached hydrogen (secondary N) is 1. The Morgan fingerprint density at radius 3 is 2.85 bits per heavy atom. The van der Waals surface area contributed by atoms with Gasteiger partial charge in [-0.1, -0.05) is 6.92 Å². The quantitative estimate of drug-likeness (QED) is 0.792. The van der Waals surface area contributed by atoms with Gasteiger partial charge in [0.2, 0.25) is 5.91 Å². The van der Waals surface area contributed by atoms with E-state index in [2.05, 4.69) is 35.3 Å². The summed E-state index contributed by atoms with van der Waals surface area (Å²) in [4.78, 5) is 13.3. The molecule has 2 rings (SSSR count). The van der Waals surface area contributed by atoms with Crippen LogP contribution in [0.2, 0.25) is 0 Å². The van der Waals surface area contributed by atoms with Crippen molar-refractivity contribution in [1.29, 1.82) is 0 Å². The molecule has 0 radical (unpaired) electrons. The lowest BCUT2D eigenvalue weighted by Crippen LogP contribution is -2.23. The van der Waals surface area contributed by atoms with E-state index in [9.17, 15) is 4.79 Å². The standard InChI is InChI=1S/C16H27N3O/c1-4-9-17-16(13-5-6-13)14-7-10-19(12-14)11-8-15(20)18(2)3/h7,10,12-13,16-17H,4-6,8-9,11H2,1-3H3. The zero-order chi connectivity index (χ0) is 14.5. The minimum absolute atomic E-state index is 0.183. The Morgan fingerprint density at radius 1 is 1.50 bits per heavy atom. The van der Waals surface area contributed by atoms with Gasteiger partial charge in [0, 0.05) is 45.5 Å². The molecule has 1 aliphatic carbocycles. The van der Waals surface area contributed by atoms with Crippen LogP contribution in [0.15, 0.2) is 18.5 Å². The lowest BCUT2D eigenvalue weighted by molar-refractivity contribution is -0.128. The van der Waals surface area contributed by atoms with Crippen molar-refractivity contribution in [3.63, 3.8) is 0 Å². The Morgan fingerprint density at radius 2 is 2.25 bits per heavy atom. The van der Waals surface area contributed by atoms with Gasteiger partial charge in [0.15, 0.2) is 0 Å². The Balaban J connectivity index is 1.91. The number of rotatable bonds is 8. The molecular weight excluding hydrogens is 250 g/mol. The van der Waals surface area contributed by atoms with Crippen molar-refractivity contribution < 1.29 is 4.79 Å². The molecule has 1 amide bonds. The Labute approximate surface area is 122 Å². The first-order valence-electron chi connectivity index (χ1n) is 7.71. The molecule has 1 N–H and O–H groups in total. The molecule has 0 spiro atoms. The van der Waals surface area contributed by atoms with E-state index >= 15 is 0 Å². The highest BCUT2D eigenvalue weighted by Gasteiger charge is 2.32. The first-order chi connectivity index (χ1) is 9.61. The average molecular weight is 277 g/mol. The molecule has 112 valence electrons. The van der Waals surface area contributed by atoms with Crippen LogP contribution in [0, 0.1) is 5.92 Å². The third kappa shape index (κ3) is 4.10. The molecule has 1 fully saturated rings. The van der Waals surface area contributed by atoms with Crippen molar-refractivity contribution in [2.24, 2.45) is 5.92 Å². The Kier molecular flexibility index (Phi) is 5.24. The van der Waals surface area contributed by atoms with Crippen LogP contribution in [0.25, 0.3) is 0 Å². The molecule has 0 bridgehead atoms. The normalized spacial score (nSPS) is 16.1. The lowest BCUT2D eigenvalue weighted by atomic mass is 10.1. The summed E-state index contributed by atoms with van der Waals surface area (Å²) >= 11 is 0. The third-order valence-corrected chi connectivity index (χ3v) is 3.92. The summed E-state index contributed by atoms with van der Waals surface area (Å²) in [7, 11) is 3.61. The SMILES string of the molecule is CCCNC(c1ccn(CCC(=O)N(C)C)c1)C1CC1. The summed E-state index contributed by atoms with van der Waals surface area (Å²) < 4.78 is 2.14. The largest absolute Gasteiger partial charge is 0.353 e. The van der Waals surface area contributed by atoms with Gasteiger partial charge in [-0.3, -0.25) is 4.79 Å². The van der Waals surface area contributed by atoms with Crippen LogP contribution < -0.4 is 5.32 Å². The van der Waals surface area contributed by atoms with Gasteiger partial charge < -0.3 is 14.8 Å². The second-order valence-electron chi connectivity index (χ2n) is 5.99. The van der Waals surface area contributed by atoms with Crippen molar-refractivity contribution in [3.8, 4) is 0 Å². The molecule has 0 aliphatic heterocycles. The van der Waals surface area contributed by atoms with E-state index in [-0.39, 0.29) is 5.91 Å². The van der Waals surface area contributed by atoms with Gasteiger partial charge in [-0.25, -0.2) is 0 Å². The van der Waals surface area contributed by atoms with Gasteiger partial charge in [0.1, 0.15) is 0 Å². The van der Waals surface area contributed by atoms with Crippen molar-refractivity contribution in [3.05, 3.63) is 24.0 Å². The number of amides is 1. The predicted molar refractivity (Wildman–Crippen MR) is 81.5 cm³/mol. The Hall–Kier alpha value is -1.29. The van der Waals surface area contributed by atoms with Gasteiger partial charge in [0.05, 0.1) is 0 Å². The number of aryl methyl sites for hydroxylation is 1. The van der Waals surface area contributed by atoms with Crippen LogP contribution in [0.4, 0.5) is 0 Å². The van der Waals surface area contributed by atoms with Gasteiger partial charge in [0.25, 0.3) is 0 Å². The van der Waals surface area contributed by atoms with Crippen LogP contribution >= 0.6 is 0 Å². The number of carbonyl (C=O) groups excluding carboxylic acids is 1.